The van der Waals surface area contributed by atoms with E-state index in [1.165, 1.54) is 6.08 Å². The van der Waals surface area contributed by atoms with E-state index in [0.717, 1.165) is 22.3 Å². The van der Waals surface area contributed by atoms with Gasteiger partial charge in [0.15, 0.2) is 0 Å². The highest BCUT2D eigenvalue weighted by Gasteiger charge is 2.30. The van der Waals surface area contributed by atoms with Gasteiger partial charge in [0.2, 0.25) is 0 Å². The number of carbonyl (C=O) groups is 3. The molecule has 0 aliphatic heterocycles. The summed E-state index contributed by atoms with van der Waals surface area (Å²) in [5, 5.41) is 10.9. The number of carboxylic acid groups (broad SMARTS) is 1. The summed E-state index contributed by atoms with van der Waals surface area (Å²) in [4.78, 5) is 35.1. The fourth-order valence-electron chi connectivity index (χ4n) is 3.28. The molecule has 8 heteroatoms. The Labute approximate surface area is 178 Å². The molecule has 2 N–H and O–H groups in total. The molecule has 2 aromatic carbocycles. The van der Waals surface area contributed by atoms with Gasteiger partial charge >= 0.3 is 17.4 Å². The Kier molecular flexibility index (Phi) is 7.13. The van der Waals surface area contributed by atoms with E-state index in [1.807, 2.05) is 48.5 Å². The molecule has 3 rings (SSSR count). The average molecular weight is 427 g/mol. The lowest BCUT2D eigenvalue weighted by Gasteiger charge is -2.17. The van der Waals surface area contributed by atoms with E-state index < -0.39 is 23.4 Å². The van der Waals surface area contributed by atoms with Crippen molar-refractivity contribution in [2.45, 2.75) is 12.0 Å². The molecule has 0 saturated heterocycles. The van der Waals surface area contributed by atoms with E-state index in [2.05, 4.69) is 11.9 Å². The number of carbonyl (C=O) groups excluding carboxylic acids is 2. The zero-order chi connectivity index (χ0) is 21.5. The summed E-state index contributed by atoms with van der Waals surface area (Å²) in [6, 6.07) is 14.5. The van der Waals surface area contributed by atoms with Gasteiger partial charge in [0, 0.05) is 11.7 Å². The molecule has 0 saturated carbocycles. The lowest BCUT2D eigenvalue weighted by Crippen LogP contribution is -2.43. The first-order valence-corrected chi connectivity index (χ1v) is 10.2. The zero-order valence-corrected chi connectivity index (χ0v) is 16.9. The Morgan fingerprint density at radius 3 is 2.23 bits per heavy atom. The Balaban J connectivity index is 1.59. The van der Waals surface area contributed by atoms with Crippen LogP contribution < -0.4 is 5.32 Å². The molecule has 1 aliphatic carbocycles. The standard InChI is InChI=1S/C22H21NO6S/c1-2-11-28-22(27)30-13-19(20(24)25)23-21(26)29-12-18-16-9-5-3-7-14(16)15-8-4-6-10-17(15)18/h2-10,18-19H,1,11-13H2,(H,23,26)(H,24,25). The second-order valence-electron chi connectivity index (χ2n) is 6.52. The van der Waals surface area contributed by atoms with Gasteiger partial charge < -0.3 is 19.9 Å². The fraction of sp³-hybridized carbons (Fsp3) is 0.227. The number of carboxylic acids is 1. The topological polar surface area (TPSA) is 102 Å². The number of hydrogen-bond donors (Lipinski definition) is 2. The number of fused-ring (bicyclic) bond motifs is 3. The normalized spacial score (nSPS) is 12.9. The first kappa shape index (κ1) is 21.4. The highest BCUT2D eigenvalue weighted by molar-refractivity contribution is 8.13. The number of ether oxygens (including phenoxy) is 2. The molecule has 1 amide bonds. The van der Waals surface area contributed by atoms with E-state index in [-0.39, 0.29) is 24.9 Å². The van der Waals surface area contributed by atoms with Crippen molar-refractivity contribution in [3.05, 3.63) is 72.3 Å². The molecule has 0 aromatic heterocycles. The molecule has 1 atom stereocenters. The van der Waals surface area contributed by atoms with Gasteiger partial charge in [-0.05, 0) is 34.0 Å². The summed E-state index contributed by atoms with van der Waals surface area (Å²) in [5.41, 5.74) is 4.31. The summed E-state index contributed by atoms with van der Waals surface area (Å²) >= 11 is 0.660. The first-order chi connectivity index (χ1) is 14.5. The van der Waals surface area contributed by atoms with Crippen LogP contribution in [0.4, 0.5) is 9.59 Å². The van der Waals surface area contributed by atoms with Crippen LogP contribution >= 0.6 is 11.8 Å². The molecule has 2 aromatic rings. The highest BCUT2D eigenvalue weighted by atomic mass is 32.2. The number of nitrogens with one attached hydrogen (secondary N) is 1. The third kappa shape index (κ3) is 5.01. The molecule has 30 heavy (non-hydrogen) atoms. The Morgan fingerprint density at radius 2 is 1.67 bits per heavy atom. The van der Waals surface area contributed by atoms with Crippen LogP contribution in [-0.2, 0) is 14.3 Å². The van der Waals surface area contributed by atoms with Crippen LogP contribution in [0.1, 0.15) is 17.0 Å². The van der Waals surface area contributed by atoms with E-state index >= 15 is 0 Å². The van der Waals surface area contributed by atoms with Crippen LogP contribution in [-0.4, -0.2) is 47.5 Å². The fourth-order valence-corrected chi connectivity index (χ4v) is 3.96. The Morgan fingerprint density at radius 1 is 1.07 bits per heavy atom. The smallest absolute Gasteiger partial charge is 0.407 e. The SMILES string of the molecule is C=CCOC(=O)SCC(NC(=O)OCC1c2ccccc2-c2ccccc21)C(=O)O. The maximum atomic E-state index is 12.2. The average Bonchev–Trinajstić information content (AvgIpc) is 3.07. The van der Waals surface area contributed by atoms with Gasteiger partial charge in [0.1, 0.15) is 19.3 Å². The second-order valence-corrected chi connectivity index (χ2v) is 7.48. The Bertz CT molecular complexity index is 915. The molecular formula is C22H21NO6S. The predicted octanol–water partition coefficient (Wildman–Crippen LogP) is 4.03. The van der Waals surface area contributed by atoms with Crippen molar-refractivity contribution in [3.63, 3.8) is 0 Å². The highest BCUT2D eigenvalue weighted by Crippen LogP contribution is 2.44. The monoisotopic (exact) mass is 427 g/mol. The van der Waals surface area contributed by atoms with Gasteiger partial charge in [0.25, 0.3) is 0 Å². The number of rotatable bonds is 8. The van der Waals surface area contributed by atoms with Gasteiger partial charge in [-0.2, -0.15) is 0 Å². The van der Waals surface area contributed by atoms with E-state index in [0.29, 0.717) is 11.8 Å². The van der Waals surface area contributed by atoms with Crippen molar-refractivity contribution in [1.82, 2.24) is 5.32 Å². The van der Waals surface area contributed by atoms with Crippen molar-refractivity contribution < 1.29 is 29.0 Å². The van der Waals surface area contributed by atoms with Crippen molar-refractivity contribution in [3.8, 4) is 11.1 Å². The van der Waals surface area contributed by atoms with E-state index in [1.54, 1.807) is 0 Å². The first-order valence-electron chi connectivity index (χ1n) is 9.26. The van der Waals surface area contributed by atoms with Crippen LogP contribution in [0.5, 0.6) is 0 Å². The summed E-state index contributed by atoms with van der Waals surface area (Å²) in [6.07, 6.45) is 0.548. The minimum absolute atomic E-state index is 0.0311. The lowest BCUT2D eigenvalue weighted by molar-refractivity contribution is -0.138. The number of alkyl carbamates (subject to hydrolysis) is 1. The van der Waals surface area contributed by atoms with E-state index in [9.17, 15) is 19.5 Å². The molecule has 156 valence electrons. The molecular weight excluding hydrogens is 406 g/mol. The van der Waals surface area contributed by atoms with Crippen LogP contribution in [0.15, 0.2) is 61.2 Å². The molecule has 0 fully saturated rings. The second kappa shape index (κ2) is 9.98. The number of aliphatic carboxylic acids is 1. The summed E-state index contributed by atoms with van der Waals surface area (Å²) in [7, 11) is 0. The van der Waals surface area contributed by atoms with Crippen molar-refractivity contribution in [1.29, 1.82) is 0 Å². The molecule has 7 nitrogen and oxygen atoms in total. The van der Waals surface area contributed by atoms with Gasteiger partial charge in [-0.3, -0.25) is 0 Å². The maximum absolute atomic E-state index is 12.2. The van der Waals surface area contributed by atoms with Crippen LogP contribution in [0.25, 0.3) is 11.1 Å². The van der Waals surface area contributed by atoms with Gasteiger partial charge in [-0.25, -0.2) is 14.4 Å². The summed E-state index contributed by atoms with van der Waals surface area (Å²) in [5.74, 6) is -1.59. The molecule has 0 heterocycles. The Hall–Kier alpha value is -3.26. The zero-order valence-electron chi connectivity index (χ0n) is 16.1. The number of thioether (sulfide) groups is 1. The van der Waals surface area contributed by atoms with Gasteiger partial charge in [-0.1, -0.05) is 61.2 Å². The molecule has 0 radical (unpaired) electrons. The predicted molar refractivity (Wildman–Crippen MR) is 114 cm³/mol. The molecule has 0 spiro atoms. The summed E-state index contributed by atoms with van der Waals surface area (Å²) < 4.78 is 10.1. The third-order valence-corrected chi connectivity index (χ3v) is 5.47. The largest absolute Gasteiger partial charge is 0.480 e. The minimum Gasteiger partial charge on any atom is -0.480 e. The van der Waals surface area contributed by atoms with E-state index in [4.69, 9.17) is 9.47 Å². The molecule has 0 bridgehead atoms. The number of benzene rings is 2. The van der Waals surface area contributed by atoms with Crippen molar-refractivity contribution in [2.24, 2.45) is 0 Å². The minimum atomic E-state index is -1.29. The number of amides is 1. The van der Waals surface area contributed by atoms with Gasteiger partial charge in [-0.15, -0.1) is 0 Å². The number of hydrogen-bond acceptors (Lipinski definition) is 6. The molecule has 1 unspecified atom stereocenters. The third-order valence-electron chi connectivity index (χ3n) is 4.62. The quantitative estimate of drug-likeness (QED) is 0.484. The summed E-state index contributed by atoms with van der Waals surface area (Å²) in [6.45, 7) is 3.52. The van der Waals surface area contributed by atoms with Gasteiger partial charge in [0.05, 0.1) is 0 Å². The maximum Gasteiger partial charge on any atom is 0.407 e. The lowest BCUT2D eigenvalue weighted by atomic mass is 9.98. The van der Waals surface area contributed by atoms with Crippen molar-refractivity contribution in [2.75, 3.05) is 19.0 Å². The van der Waals surface area contributed by atoms with Crippen LogP contribution in [0.2, 0.25) is 0 Å². The van der Waals surface area contributed by atoms with Crippen LogP contribution in [0.3, 0.4) is 0 Å². The van der Waals surface area contributed by atoms with Crippen LogP contribution in [0, 0.1) is 0 Å². The van der Waals surface area contributed by atoms with Crippen molar-refractivity contribution >= 4 is 29.1 Å². The molecule has 1 aliphatic rings.